The number of piperidine rings is 1. The lowest BCUT2D eigenvalue weighted by molar-refractivity contribution is -0.134. The molecular weight excluding hydrogens is 326 g/mol. The lowest BCUT2D eigenvalue weighted by atomic mass is 9.85. The molecule has 25 heavy (non-hydrogen) atoms. The van der Waals surface area contributed by atoms with Crippen molar-refractivity contribution in [3.63, 3.8) is 0 Å². The number of nitrogens with zero attached hydrogens (tertiary/aromatic N) is 5. The molecule has 1 aromatic rings. The maximum absolute atomic E-state index is 13.0. The zero-order chi connectivity index (χ0) is 18.2. The van der Waals surface area contributed by atoms with Crippen molar-refractivity contribution >= 4 is 17.9 Å². The molecule has 2 fully saturated rings. The summed E-state index contributed by atoms with van der Waals surface area (Å²) < 4.78 is 5.03. The molecule has 2 aliphatic rings. The third kappa shape index (κ3) is 2.97. The summed E-state index contributed by atoms with van der Waals surface area (Å²) in [7, 11) is 0. The topological polar surface area (TPSA) is 103 Å². The average molecular weight is 351 g/mol. The van der Waals surface area contributed by atoms with Gasteiger partial charge in [0.05, 0.1) is 13.2 Å². The van der Waals surface area contributed by atoms with Crippen LogP contribution >= 0.6 is 0 Å². The van der Waals surface area contributed by atoms with Crippen molar-refractivity contribution in [3.05, 3.63) is 5.89 Å². The second-order valence-electron chi connectivity index (χ2n) is 7.10. The number of aromatic nitrogens is 2. The number of aliphatic hydroxyl groups excluding tert-OH is 1. The Hall–Kier alpha value is -2.16. The number of rotatable bonds is 5. The van der Waals surface area contributed by atoms with Gasteiger partial charge in [-0.3, -0.25) is 9.69 Å². The normalized spacial score (nSPS) is 20.4. The predicted octanol–water partition coefficient (Wildman–Crippen LogP) is 0.630. The molecule has 3 amide bonds. The van der Waals surface area contributed by atoms with Crippen LogP contribution < -0.4 is 4.90 Å². The van der Waals surface area contributed by atoms with Gasteiger partial charge in [-0.2, -0.15) is 4.98 Å². The van der Waals surface area contributed by atoms with E-state index in [0.717, 1.165) is 0 Å². The first-order valence-electron chi connectivity index (χ1n) is 8.68. The minimum Gasteiger partial charge on any atom is -0.395 e. The Morgan fingerprint density at radius 3 is 2.48 bits per heavy atom. The fourth-order valence-electron chi connectivity index (χ4n) is 3.67. The lowest BCUT2D eigenvalue weighted by Crippen LogP contribution is -2.57. The summed E-state index contributed by atoms with van der Waals surface area (Å²) >= 11 is 0. The molecule has 2 saturated heterocycles. The highest BCUT2D eigenvalue weighted by molar-refractivity contribution is 6.07. The van der Waals surface area contributed by atoms with Gasteiger partial charge in [0.15, 0.2) is 0 Å². The molecule has 0 radical (unpaired) electrons. The number of hydrogen-bond acceptors (Lipinski definition) is 7. The fraction of sp³-hybridized carbons (Fsp3) is 0.750. The molecular formula is C16H25N5O4. The van der Waals surface area contributed by atoms with E-state index in [1.165, 1.54) is 4.90 Å². The summed E-state index contributed by atoms with van der Waals surface area (Å²) in [6, 6.07) is -0.295. The molecule has 1 aromatic heterocycles. The number of urea groups is 1. The molecule has 3 heterocycles. The van der Waals surface area contributed by atoms with E-state index in [1.807, 2.05) is 18.7 Å². The van der Waals surface area contributed by atoms with E-state index in [0.29, 0.717) is 44.3 Å². The zero-order valence-electron chi connectivity index (χ0n) is 14.9. The summed E-state index contributed by atoms with van der Waals surface area (Å²) in [6.45, 7) is 7.26. The van der Waals surface area contributed by atoms with Crippen molar-refractivity contribution in [2.24, 2.45) is 5.92 Å². The highest BCUT2D eigenvalue weighted by atomic mass is 16.5. The van der Waals surface area contributed by atoms with Crippen LogP contribution in [0.1, 0.15) is 32.6 Å². The largest absolute Gasteiger partial charge is 0.395 e. The van der Waals surface area contributed by atoms with Gasteiger partial charge in [-0.1, -0.05) is 13.8 Å². The Balaban J connectivity index is 1.82. The molecule has 2 aliphatic heterocycles. The van der Waals surface area contributed by atoms with Gasteiger partial charge in [0.1, 0.15) is 5.54 Å². The van der Waals surface area contributed by atoms with Gasteiger partial charge >= 0.3 is 6.03 Å². The molecule has 0 aromatic carbocycles. The summed E-state index contributed by atoms with van der Waals surface area (Å²) in [6.07, 6.45) is 1.03. The van der Waals surface area contributed by atoms with Crippen LogP contribution in [0.5, 0.6) is 0 Å². The quantitative estimate of drug-likeness (QED) is 0.776. The van der Waals surface area contributed by atoms with Crippen LogP contribution in [-0.2, 0) is 4.79 Å². The van der Waals surface area contributed by atoms with E-state index in [2.05, 4.69) is 10.1 Å². The molecule has 3 rings (SSSR count). The lowest BCUT2D eigenvalue weighted by Gasteiger charge is -2.42. The summed E-state index contributed by atoms with van der Waals surface area (Å²) in [5.74, 6) is 1.07. The number of hydrogen-bond donors (Lipinski definition) is 1. The first kappa shape index (κ1) is 17.7. The average Bonchev–Trinajstić information content (AvgIpc) is 3.08. The first-order chi connectivity index (χ1) is 11.9. The summed E-state index contributed by atoms with van der Waals surface area (Å²) in [5.41, 5.74) is -0.828. The molecule has 138 valence electrons. The van der Waals surface area contributed by atoms with Gasteiger partial charge in [0.25, 0.3) is 11.9 Å². The van der Waals surface area contributed by atoms with Crippen LogP contribution in [0.15, 0.2) is 4.52 Å². The molecule has 1 N–H and O–H groups in total. The minimum absolute atomic E-state index is 0.0434. The molecule has 1 spiro atoms. The Labute approximate surface area is 146 Å². The number of carbonyl (C=O) groups excluding carboxylic acids is 2. The summed E-state index contributed by atoms with van der Waals surface area (Å²) in [4.78, 5) is 34.8. The van der Waals surface area contributed by atoms with E-state index in [-0.39, 0.29) is 31.0 Å². The van der Waals surface area contributed by atoms with Crippen LogP contribution in [-0.4, -0.2) is 75.3 Å². The number of aliphatic hydroxyl groups is 1. The Morgan fingerprint density at radius 1 is 1.28 bits per heavy atom. The van der Waals surface area contributed by atoms with Gasteiger partial charge in [-0.25, -0.2) is 4.79 Å². The van der Waals surface area contributed by atoms with Gasteiger partial charge in [-0.15, -0.1) is 0 Å². The van der Waals surface area contributed by atoms with Crippen molar-refractivity contribution in [1.82, 2.24) is 19.9 Å². The maximum Gasteiger partial charge on any atom is 0.327 e. The maximum atomic E-state index is 13.0. The highest BCUT2D eigenvalue weighted by Gasteiger charge is 2.57. The highest BCUT2D eigenvalue weighted by Crippen LogP contribution is 2.38. The number of anilines is 1. The van der Waals surface area contributed by atoms with Crippen LogP contribution in [0.2, 0.25) is 0 Å². The standard InChI is InChI=1S/C16H25N5O4/c1-11(2)10-21-15(24)20(8-9-22)13(23)16(21)4-6-19(7-5-16)14-17-12(3)25-18-14/h11,22H,4-10H2,1-3H3. The molecule has 9 heteroatoms. The first-order valence-corrected chi connectivity index (χ1v) is 8.68. The zero-order valence-corrected chi connectivity index (χ0v) is 14.9. The number of aryl methyl sites for hydroxylation is 1. The Bertz CT molecular complexity index is 651. The van der Waals surface area contributed by atoms with Crippen LogP contribution in [0.4, 0.5) is 10.7 Å². The molecule has 0 bridgehead atoms. The molecule has 9 nitrogen and oxygen atoms in total. The Morgan fingerprint density at radius 2 is 1.96 bits per heavy atom. The van der Waals surface area contributed by atoms with E-state index >= 15 is 0 Å². The van der Waals surface area contributed by atoms with Crippen molar-refractivity contribution < 1.29 is 19.2 Å². The number of imide groups is 1. The number of amides is 3. The van der Waals surface area contributed by atoms with E-state index in [4.69, 9.17) is 4.52 Å². The van der Waals surface area contributed by atoms with Crippen LogP contribution in [0.3, 0.4) is 0 Å². The van der Waals surface area contributed by atoms with Crippen molar-refractivity contribution in [3.8, 4) is 0 Å². The van der Waals surface area contributed by atoms with Crippen molar-refractivity contribution in [2.75, 3.05) is 37.7 Å². The van der Waals surface area contributed by atoms with E-state index < -0.39 is 5.54 Å². The second kappa shape index (κ2) is 6.62. The third-order valence-corrected chi connectivity index (χ3v) is 4.88. The third-order valence-electron chi connectivity index (χ3n) is 4.88. The van der Waals surface area contributed by atoms with Crippen molar-refractivity contribution in [1.29, 1.82) is 0 Å². The van der Waals surface area contributed by atoms with Crippen LogP contribution in [0.25, 0.3) is 0 Å². The number of β-amino-alcohol motifs (C(OH)–C–C–N with tert-alkyl or cyclic N) is 1. The van der Waals surface area contributed by atoms with Crippen molar-refractivity contribution in [2.45, 2.75) is 39.2 Å². The van der Waals surface area contributed by atoms with Gasteiger partial charge < -0.3 is 19.4 Å². The smallest absolute Gasteiger partial charge is 0.327 e. The van der Waals surface area contributed by atoms with Crippen LogP contribution in [0, 0.1) is 12.8 Å². The molecule has 0 aliphatic carbocycles. The monoisotopic (exact) mass is 351 g/mol. The SMILES string of the molecule is Cc1nc(N2CCC3(CC2)C(=O)N(CCO)C(=O)N3CC(C)C)no1. The fourth-order valence-corrected chi connectivity index (χ4v) is 3.67. The molecule has 0 atom stereocenters. The molecule has 0 saturated carbocycles. The second-order valence-corrected chi connectivity index (χ2v) is 7.10. The van der Waals surface area contributed by atoms with E-state index in [1.54, 1.807) is 11.8 Å². The molecule has 0 unspecified atom stereocenters. The Kier molecular flexibility index (Phi) is 4.68. The summed E-state index contributed by atoms with van der Waals surface area (Å²) in [5, 5.41) is 13.1. The van der Waals surface area contributed by atoms with Gasteiger partial charge in [0, 0.05) is 26.6 Å². The van der Waals surface area contributed by atoms with Gasteiger partial charge in [0.2, 0.25) is 5.89 Å². The predicted molar refractivity (Wildman–Crippen MR) is 89.0 cm³/mol. The van der Waals surface area contributed by atoms with E-state index in [9.17, 15) is 14.7 Å². The number of carbonyl (C=O) groups is 2. The van der Waals surface area contributed by atoms with Gasteiger partial charge in [-0.05, 0) is 23.9 Å². The minimum atomic E-state index is -0.828.